The molecule has 1 aromatic rings. The van der Waals surface area contributed by atoms with Crippen molar-refractivity contribution in [3.63, 3.8) is 0 Å². The Hall–Kier alpha value is -2.09. The molecular formula is C13H16N4O. The third-order valence-electron chi connectivity index (χ3n) is 3.11. The van der Waals surface area contributed by atoms with Gasteiger partial charge in [-0.15, -0.1) is 0 Å². The molecule has 1 amide bonds. The fourth-order valence-electron chi connectivity index (χ4n) is 2.12. The third kappa shape index (κ3) is 2.77. The van der Waals surface area contributed by atoms with Crippen molar-refractivity contribution in [2.45, 2.75) is 13.3 Å². The quantitative estimate of drug-likeness (QED) is 0.739. The molecule has 0 aromatic carbocycles. The van der Waals surface area contributed by atoms with E-state index in [1.807, 2.05) is 23.1 Å². The summed E-state index contributed by atoms with van der Waals surface area (Å²) >= 11 is 0. The van der Waals surface area contributed by atoms with Gasteiger partial charge in [0.05, 0.1) is 0 Å². The Balaban J connectivity index is 2.10. The summed E-state index contributed by atoms with van der Waals surface area (Å²) in [7, 11) is 0. The number of rotatable bonds is 1. The zero-order chi connectivity index (χ0) is 13.0. The molecule has 18 heavy (non-hydrogen) atoms. The Labute approximate surface area is 107 Å². The Morgan fingerprint density at radius 3 is 2.89 bits per heavy atom. The molecule has 0 aliphatic carbocycles. The first kappa shape index (κ1) is 12.4. The number of carbonyl (C=O) groups excluding carboxylic acids is 1. The van der Waals surface area contributed by atoms with Crippen molar-refractivity contribution >= 4 is 11.7 Å². The summed E-state index contributed by atoms with van der Waals surface area (Å²) in [5, 5.41) is 8.85. The van der Waals surface area contributed by atoms with Crippen LogP contribution in [0.15, 0.2) is 18.2 Å². The fourth-order valence-corrected chi connectivity index (χ4v) is 2.12. The summed E-state index contributed by atoms with van der Waals surface area (Å²) in [6.45, 7) is 4.74. The molecule has 1 aromatic heterocycles. The van der Waals surface area contributed by atoms with E-state index in [0.29, 0.717) is 12.2 Å². The second-order valence-corrected chi connectivity index (χ2v) is 4.34. The number of hydrogen-bond donors (Lipinski definition) is 0. The normalized spacial score (nSPS) is 16.0. The molecule has 0 bridgehead atoms. The Bertz CT molecular complexity index is 480. The lowest BCUT2D eigenvalue weighted by Crippen LogP contribution is -2.33. The average molecular weight is 244 g/mol. The minimum Gasteiger partial charge on any atom is -0.355 e. The molecule has 0 N–H and O–H groups in total. The van der Waals surface area contributed by atoms with Crippen LogP contribution in [0.3, 0.4) is 0 Å². The van der Waals surface area contributed by atoms with Crippen molar-refractivity contribution in [1.82, 2.24) is 9.88 Å². The number of carbonyl (C=O) groups is 1. The molecule has 0 saturated carbocycles. The van der Waals surface area contributed by atoms with Crippen molar-refractivity contribution in [3.8, 4) is 6.07 Å². The van der Waals surface area contributed by atoms with E-state index >= 15 is 0 Å². The molecule has 5 nitrogen and oxygen atoms in total. The molecule has 5 heteroatoms. The molecule has 2 rings (SSSR count). The summed E-state index contributed by atoms with van der Waals surface area (Å²) < 4.78 is 0. The number of aromatic nitrogens is 1. The number of hydrogen-bond acceptors (Lipinski definition) is 4. The van der Waals surface area contributed by atoms with Gasteiger partial charge in [-0.2, -0.15) is 5.26 Å². The van der Waals surface area contributed by atoms with Crippen molar-refractivity contribution in [1.29, 1.82) is 5.26 Å². The van der Waals surface area contributed by atoms with Gasteiger partial charge in [0.2, 0.25) is 5.91 Å². The first-order valence-corrected chi connectivity index (χ1v) is 6.08. The van der Waals surface area contributed by atoms with Gasteiger partial charge in [-0.25, -0.2) is 4.98 Å². The highest BCUT2D eigenvalue weighted by molar-refractivity contribution is 5.73. The van der Waals surface area contributed by atoms with Crippen LogP contribution in [0, 0.1) is 11.3 Å². The Morgan fingerprint density at radius 2 is 2.17 bits per heavy atom. The van der Waals surface area contributed by atoms with Crippen LogP contribution in [0.25, 0.3) is 0 Å². The molecule has 94 valence electrons. The zero-order valence-electron chi connectivity index (χ0n) is 10.5. The van der Waals surface area contributed by atoms with Crippen LogP contribution in [0.2, 0.25) is 0 Å². The minimum atomic E-state index is 0.121. The van der Waals surface area contributed by atoms with Gasteiger partial charge >= 0.3 is 0 Å². The van der Waals surface area contributed by atoms with Crippen molar-refractivity contribution in [2.24, 2.45) is 0 Å². The van der Waals surface area contributed by atoms with Gasteiger partial charge in [0.1, 0.15) is 17.6 Å². The maximum atomic E-state index is 11.3. The van der Waals surface area contributed by atoms with E-state index in [1.165, 1.54) is 0 Å². The molecule has 0 spiro atoms. The highest BCUT2D eigenvalue weighted by Crippen LogP contribution is 2.14. The molecule has 0 unspecified atom stereocenters. The summed E-state index contributed by atoms with van der Waals surface area (Å²) in [5.41, 5.74) is 0.431. The van der Waals surface area contributed by atoms with Crippen LogP contribution < -0.4 is 4.90 Å². The number of nitrogens with zero attached hydrogens (tertiary/aromatic N) is 4. The van der Waals surface area contributed by atoms with Gasteiger partial charge in [-0.3, -0.25) is 4.79 Å². The van der Waals surface area contributed by atoms with Gasteiger partial charge < -0.3 is 9.80 Å². The summed E-state index contributed by atoms with van der Waals surface area (Å²) in [6, 6.07) is 7.49. The second kappa shape index (κ2) is 5.50. The van der Waals surface area contributed by atoms with Crippen molar-refractivity contribution in [3.05, 3.63) is 23.9 Å². The first-order valence-electron chi connectivity index (χ1n) is 6.08. The Morgan fingerprint density at radius 1 is 1.33 bits per heavy atom. The summed E-state index contributed by atoms with van der Waals surface area (Å²) in [4.78, 5) is 19.6. The minimum absolute atomic E-state index is 0.121. The van der Waals surface area contributed by atoms with E-state index in [0.717, 1.165) is 31.9 Å². The van der Waals surface area contributed by atoms with E-state index in [2.05, 4.69) is 9.88 Å². The molecule has 1 aliphatic heterocycles. The van der Waals surface area contributed by atoms with Crippen LogP contribution in [0.4, 0.5) is 5.82 Å². The van der Waals surface area contributed by atoms with Gasteiger partial charge in [0.25, 0.3) is 0 Å². The highest BCUT2D eigenvalue weighted by Gasteiger charge is 2.17. The number of amides is 1. The summed E-state index contributed by atoms with van der Waals surface area (Å²) in [5.74, 6) is 0.940. The first-order chi connectivity index (χ1) is 8.70. The van der Waals surface area contributed by atoms with E-state index in [1.54, 1.807) is 13.0 Å². The summed E-state index contributed by atoms with van der Waals surface area (Å²) in [6.07, 6.45) is 0.929. The third-order valence-corrected chi connectivity index (χ3v) is 3.11. The highest BCUT2D eigenvalue weighted by atomic mass is 16.2. The van der Waals surface area contributed by atoms with E-state index < -0.39 is 0 Å². The fraction of sp³-hybridized carbons (Fsp3) is 0.462. The molecule has 1 saturated heterocycles. The van der Waals surface area contributed by atoms with Gasteiger partial charge in [0, 0.05) is 33.1 Å². The topological polar surface area (TPSA) is 60.2 Å². The van der Waals surface area contributed by atoms with E-state index in [4.69, 9.17) is 5.26 Å². The predicted octanol–water partition coefficient (Wildman–Crippen LogP) is 1.01. The lowest BCUT2D eigenvalue weighted by atomic mass is 10.3. The molecule has 0 radical (unpaired) electrons. The van der Waals surface area contributed by atoms with Crippen molar-refractivity contribution < 1.29 is 4.79 Å². The van der Waals surface area contributed by atoms with Crippen LogP contribution in [0.5, 0.6) is 0 Å². The molecule has 1 fully saturated rings. The van der Waals surface area contributed by atoms with Crippen LogP contribution in [-0.2, 0) is 4.79 Å². The number of anilines is 1. The number of pyridine rings is 1. The maximum absolute atomic E-state index is 11.3. The van der Waals surface area contributed by atoms with Crippen molar-refractivity contribution in [2.75, 3.05) is 31.1 Å². The second-order valence-electron chi connectivity index (χ2n) is 4.34. The lowest BCUT2D eigenvalue weighted by Gasteiger charge is -2.22. The SMILES string of the molecule is CC(=O)N1CCCN(c2cccc(C#N)n2)CC1. The molecule has 1 aliphatic rings. The average Bonchev–Trinajstić information content (AvgIpc) is 2.64. The van der Waals surface area contributed by atoms with Crippen LogP contribution in [0.1, 0.15) is 19.0 Å². The molecular weight excluding hydrogens is 228 g/mol. The number of nitriles is 1. The predicted molar refractivity (Wildman–Crippen MR) is 68.0 cm³/mol. The van der Waals surface area contributed by atoms with Gasteiger partial charge in [-0.1, -0.05) is 6.07 Å². The van der Waals surface area contributed by atoms with E-state index in [-0.39, 0.29) is 5.91 Å². The van der Waals surface area contributed by atoms with Crippen LogP contribution in [-0.4, -0.2) is 42.0 Å². The zero-order valence-corrected chi connectivity index (χ0v) is 10.5. The maximum Gasteiger partial charge on any atom is 0.219 e. The standard InChI is InChI=1S/C13H16N4O/c1-11(18)16-6-3-7-17(9-8-16)13-5-2-4-12(10-14)15-13/h2,4-5H,3,6-9H2,1H3. The van der Waals surface area contributed by atoms with Gasteiger partial charge in [-0.05, 0) is 18.6 Å². The Kier molecular flexibility index (Phi) is 3.78. The molecule has 0 atom stereocenters. The van der Waals surface area contributed by atoms with Crippen LogP contribution >= 0.6 is 0 Å². The largest absolute Gasteiger partial charge is 0.355 e. The monoisotopic (exact) mass is 244 g/mol. The van der Waals surface area contributed by atoms with E-state index in [9.17, 15) is 4.79 Å². The molecule has 2 heterocycles. The smallest absolute Gasteiger partial charge is 0.219 e. The van der Waals surface area contributed by atoms with Gasteiger partial charge in [0.15, 0.2) is 0 Å². The lowest BCUT2D eigenvalue weighted by molar-refractivity contribution is -0.128.